The summed E-state index contributed by atoms with van der Waals surface area (Å²) in [5, 5.41) is 3.25. The number of hydrogen-bond acceptors (Lipinski definition) is 6. The molecule has 0 atom stereocenters. The van der Waals surface area contributed by atoms with Crippen LogP contribution >= 0.6 is 11.3 Å². The number of ether oxygens (including phenoxy) is 1. The molecule has 1 aromatic heterocycles. The molecular weight excluding hydrogens is 290 g/mol. The van der Waals surface area contributed by atoms with E-state index in [1.807, 2.05) is 11.9 Å². The van der Waals surface area contributed by atoms with E-state index < -0.39 is 5.97 Å². The fourth-order valence-electron chi connectivity index (χ4n) is 1.84. The van der Waals surface area contributed by atoms with Crippen molar-refractivity contribution in [3.05, 3.63) is 10.4 Å². The van der Waals surface area contributed by atoms with Gasteiger partial charge in [-0.1, -0.05) is 13.8 Å². The Morgan fingerprint density at radius 1 is 1.43 bits per heavy atom. The summed E-state index contributed by atoms with van der Waals surface area (Å²) in [5.74, 6) is -0.273. The second kappa shape index (κ2) is 7.31. The highest BCUT2D eigenvalue weighted by Crippen LogP contribution is 2.38. The Kier molecular flexibility index (Phi) is 6.02. The van der Waals surface area contributed by atoms with Gasteiger partial charge in [0.2, 0.25) is 0 Å². The molecule has 0 radical (unpaired) electrons. The Hall–Kier alpha value is -1.76. The van der Waals surface area contributed by atoms with Gasteiger partial charge < -0.3 is 20.7 Å². The number of amides is 1. The number of carbonyl (C=O) groups excluding carboxylic acids is 2. The molecule has 0 spiro atoms. The van der Waals surface area contributed by atoms with Crippen molar-refractivity contribution in [1.82, 2.24) is 5.32 Å². The zero-order valence-corrected chi connectivity index (χ0v) is 14.0. The van der Waals surface area contributed by atoms with E-state index in [1.165, 1.54) is 25.5 Å². The lowest BCUT2D eigenvalue weighted by molar-refractivity contribution is 0.0607. The highest BCUT2D eigenvalue weighted by molar-refractivity contribution is 7.19. The molecule has 1 rings (SSSR count). The van der Waals surface area contributed by atoms with Crippen LogP contribution in [0, 0.1) is 5.92 Å². The number of nitrogens with two attached hydrogens (primary N) is 1. The molecule has 21 heavy (non-hydrogen) atoms. The number of methoxy groups -OCH3 is 1. The Morgan fingerprint density at radius 2 is 2.05 bits per heavy atom. The van der Waals surface area contributed by atoms with Gasteiger partial charge in [-0.15, -0.1) is 11.3 Å². The SMILES string of the molecule is CNC(=O)c1c(N(C)CCC(C)C)sc(C(=O)OC)c1N. The van der Waals surface area contributed by atoms with Gasteiger partial charge in [-0.05, 0) is 12.3 Å². The van der Waals surface area contributed by atoms with E-state index in [1.54, 1.807) is 0 Å². The van der Waals surface area contributed by atoms with Crippen LogP contribution in [0.3, 0.4) is 0 Å². The number of carbonyl (C=O) groups is 2. The van der Waals surface area contributed by atoms with Crippen LogP contribution in [-0.4, -0.2) is 39.6 Å². The van der Waals surface area contributed by atoms with Gasteiger partial charge in [0.25, 0.3) is 5.91 Å². The molecule has 3 N–H and O–H groups in total. The summed E-state index contributed by atoms with van der Waals surface area (Å²) in [5.41, 5.74) is 6.49. The molecular formula is C14H23N3O3S. The van der Waals surface area contributed by atoms with Crippen molar-refractivity contribution in [3.63, 3.8) is 0 Å². The molecule has 0 aliphatic heterocycles. The predicted octanol–water partition coefficient (Wildman–Crippen LogP) is 1.96. The van der Waals surface area contributed by atoms with Crippen LogP contribution < -0.4 is 16.0 Å². The van der Waals surface area contributed by atoms with E-state index in [0.29, 0.717) is 16.5 Å². The molecule has 1 heterocycles. The summed E-state index contributed by atoms with van der Waals surface area (Å²) in [6, 6.07) is 0. The first-order chi connectivity index (χ1) is 9.83. The molecule has 0 aliphatic carbocycles. The lowest BCUT2D eigenvalue weighted by atomic mass is 10.1. The maximum atomic E-state index is 12.1. The summed E-state index contributed by atoms with van der Waals surface area (Å²) in [6.45, 7) is 5.05. The number of nitrogens with zero attached hydrogens (tertiary/aromatic N) is 1. The van der Waals surface area contributed by atoms with Crippen molar-refractivity contribution in [2.75, 3.05) is 38.4 Å². The zero-order valence-electron chi connectivity index (χ0n) is 13.1. The molecule has 0 saturated heterocycles. The average Bonchev–Trinajstić information content (AvgIpc) is 2.80. The smallest absolute Gasteiger partial charge is 0.350 e. The normalized spacial score (nSPS) is 10.6. The van der Waals surface area contributed by atoms with Crippen molar-refractivity contribution in [3.8, 4) is 0 Å². The van der Waals surface area contributed by atoms with Crippen molar-refractivity contribution in [1.29, 1.82) is 0 Å². The third-order valence-electron chi connectivity index (χ3n) is 3.14. The molecule has 0 aromatic carbocycles. The highest BCUT2D eigenvalue weighted by Gasteiger charge is 2.27. The monoisotopic (exact) mass is 313 g/mol. The fourth-order valence-corrected chi connectivity index (χ4v) is 2.97. The maximum absolute atomic E-state index is 12.1. The minimum absolute atomic E-state index is 0.178. The summed E-state index contributed by atoms with van der Waals surface area (Å²) in [6.07, 6.45) is 0.981. The van der Waals surface area contributed by atoms with Gasteiger partial charge in [-0.2, -0.15) is 0 Å². The van der Waals surface area contributed by atoms with Crippen LogP contribution in [-0.2, 0) is 4.74 Å². The molecule has 0 aliphatic rings. The van der Waals surface area contributed by atoms with Crippen molar-refractivity contribution >= 4 is 33.9 Å². The van der Waals surface area contributed by atoms with E-state index >= 15 is 0 Å². The van der Waals surface area contributed by atoms with E-state index in [2.05, 4.69) is 19.2 Å². The number of nitrogen functional groups attached to an aromatic ring is 1. The van der Waals surface area contributed by atoms with Crippen LogP contribution in [0.1, 0.15) is 40.3 Å². The largest absolute Gasteiger partial charge is 0.465 e. The van der Waals surface area contributed by atoms with Gasteiger partial charge in [0, 0.05) is 20.6 Å². The van der Waals surface area contributed by atoms with Gasteiger partial charge >= 0.3 is 5.97 Å². The molecule has 0 saturated carbocycles. The van der Waals surface area contributed by atoms with Gasteiger partial charge in [-0.25, -0.2) is 4.79 Å². The average molecular weight is 313 g/mol. The number of esters is 1. The number of hydrogen-bond donors (Lipinski definition) is 2. The van der Waals surface area contributed by atoms with Crippen LogP contribution in [0.5, 0.6) is 0 Å². The number of nitrogens with one attached hydrogen (secondary N) is 1. The topological polar surface area (TPSA) is 84.7 Å². The molecule has 7 heteroatoms. The molecule has 0 fully saturated rings. The minimum atomic E-state index is -0.522. The third kappa shape index (κ3) is 3.87. The first kappa shape index (κ1) is 17.3. The molecule has 1 amide bonds. The highest BCUT2D eigenvalue weighted by atomic mass is 32.1. The molecule has 1 aromatic rings. The van der Waals surface area contributed by atoms with Gasteiger partial charge in [0.1, 0.15) is 9.88 Å². The molecule has 0 bridgehead atoms. The van der Waals surface area contributed by atoms with Gasteiger partial charge in [-0.3, -0.25) is 4.79 Å². The van der Waals surface area contributed by atoms with E-state index in [-0.39, 0.29) is 16.5 Å². The van der Waals surface area contributed by atoms with Crippen LogP contribution in [0.15, 0.2) is 0 Å². The summed E-state index contributed by atoms with van der Waals surface area (Å²) in [4.78, 5) is 26.0. The fraction of sp³-hybridized carbons (Fsp3) is 0.571. The summed E-state index contributed by atoms with van der Waals surface area (Å²) < 4.78 is 4.72. The molecule has 0 unspecified atom stereocenters. The lowest BCUT2D eigenvalue weighted by Gasteiger charge is -2.20. The van der Waals surface area contributed by atoms with E-state index in [4.69, 9.17) is 10.5 Å². The van der Waals surface area contributed by atoms with Crippen LogP contribution in [0.25, 0.3) is 0 Å². The van der Waals surface area contributed by atoms with Crippen molar-refractivity contribution in [2.45, 2.75) is 20.3 Å². The van der Waals surface area contributed by atoms with Gasteiger partial charge in [0.05, 0.1) is 18.4 Å². The van der Waals surface area contributed by atoms with Crippen LogP contribution in [0.2, 0.25) is 0 Å². The maximum Gasteiger partial charge on any atom is 0.350 e. The van der Waals surface area contributed by atoms with Crippen molar-refractivity contribution < 1.29 is 14.3 Å². The van der Waals surface area contributed by atoms with Crippen LogP contribution in [0.4, 0.5) is 10.7 Å². The minimum Gasteiger partial charge on any atom is -0.465 e. The van der Waals surface area contributed by atoms with E-state index in [0.717, 1.165) is 13.0 Å². The third-order valence-corrected chi connectivity index (χ3v) is 4.44. The number of thiophene rings is 1. The Labute approximate surface area is 129 Å². The second-order valence-electron chi connectivity index (χ2n) is 5.20. The number of rotatable bonds is 6. The standard InChI is InChI=1S/C14H23N3O3S/c1-8(2)6-7-17(4)13-9(12(18)16-3)10(15)11(21-13)14(19)20-5/h8H,6-7,15H2,1-5H3,(H,16,18). The summed E-state index contributed by atoms with van der Waals surface area (Å²) in [7, 11) is 4.72. The first-order valence-corrected chi connectivity index (χ1v) is 7.58. The van der Waals surface area contributed by atoms with E-state index in [9.17, 15) is 9.59 Å². The Bertz CT molecular complexity index is 526. The number of anilines is 2. The molecule has 118 valence electrons. The zero-order chi connectivity index (χ0) is 16.2. The van der Waals surface area contributed by atoms with Gasteiger partial charge in [0.15, 0.2) is 0 Å². The van der Waals surface area contributed by atoms with Crippen molar-refractivity contribution in [2.24, 2.45) is 5.92 Å². The quantitative estimate of drug-likeness (QED) is 0.784. The molecule has 6 nitrogen and oxygen atoms in total. The first-order valence-electron chi connectivity index (χ1n) is 6.77. The predicted molar refractivity (Wildman–Crippen MR) is 86.2 cm³/mol. The summed E-state index contributed by atoms with van der Waals surface area (Å²) >= 11 is 1.19. The Balaban J connectivity index is 3.22. The lowest BCUT2D eigenvalue weighted by Crippen LogP contribution is -2.25. The Morgan fingerprint density at radius 3 is 2.52 bits per heavy atom. The second-order valence-corrected chi connectivity index (χ2v) is 6.20.